The van der Waals surface area contributed by atoms with Crippen molar-refractivity contribution in [2.45, 2.75) is 44.2 Å². The van der Waals surface area contributed by atoms with Crippen molar-refractivity contribution in [2.24, 2.45) is 5.92 Å². The highest BCUT2D eigenvalue weighted by Gasteiger charge is 2.45. The monoisotopic (exact) mass is 290 g/mol. The first-order valence-electron chi connectivity index (χ1n) is 7.87. The Balaban J connectivity index is 1.39. The van der Waals surface area contributed by atoms with E-state index >= 15 is 0 Å². The van der Waals surface area contributed by atoms with E-state index in [9.17, 15) is 4.79 Å². The molecule has 2 aliphatic heterocycles. The van der Waals surface area contributed by atoms with Crippen molar-refractivity contribution < 1.29 is 4.79 Å². The molecule has 0 bridgehead atoms. The van der Waals surface area contributed by atoms with Crippen molar-refractivity contribution in [3.8, 4) is 0 Å². The Morgan fingerprint density at radius 2 is 2.05 bits per heavy atom. The third kappa shape index (κ3) is 2.40. The van der Waals surface area contributed by atoms with E-state index in [0.29, 0.717) is 24.4 Å². The van der Waals surface area contributed by atoms with Crippen LogP contribution in [-0.2, 0) is 11.2 Å². The van der Waals surface area contributed by atoms with E-state index in [1.54, 1.807) is 11.3 Å². The van der Waals surface area contributed by atoms with Crippen LogP contribution in [0.1, 0.15) is 30.6 Å². The van der Waals surface area contributed by atoms with E-state index in [4.69, 9.17) is 0 Å². The minimum Gasteiger partial charge on any atom is -0.338 e. The van der Waals surface area contributed by atoms with Gasteiger partial charge in [-0.25, -0.2) is 0 Å². The lowest BCUT2D eigenvalue weighted by Gasteiger charge is -2.25. The summed E-state index contributed by atoms with van der Waals surface area (Å²) in [6, 6.07) is 5.26. The first-order valence-corrected chi connectivity index (χ1v) is 8.75. The van der Waals surface area contributed by atoms with Gasteiger partial charge in [0.15, 0.2) is 0 Å². The Labute approximate surface area is 124 Å². The molecule has 3 heterocycles. The number of hydrogen-bond donors (Lipinski definition) is 0. The number of amides is 1. The van der Waals surface area contributed by atoms with E-state index in [1.807, 2.05) is 6.07 Å². The Morgan fingerprint density at radius 3 is 2.80 bits per heavy atom. The van der Waals surface area contributed by atoms with Gasteiger partial charge in [0, 0.05) is 36.6 Å². The van der Waals surface area contributed by atoms with Gasteiger partial charge < -0.3 is 4.90 Å². The summed E-state index contributed by atoms with van der Waals surface area (Å²) in [5.74, 6) is 1.30. The van der Waals surface area contributed by atoms with Gasteiger partial charge in [-0.1, -0.05) is 6.07 Å². The van der Waals surface area contributed by atoms with Crippen LogP contribution < -0.4 is 0 Å². The van der Waals surface area contributed by atoms with E-state index in [-0.39, 0.29) is 0 Å². The van der Waals surface area contributed by atoms with E-state index in [1.165, 1.54) is 43.6 Å². The van der Waals surface area contributed by atoms with Gasteiger partial charge in [-0.3, -0.25) is 9.69 Å². The molecule has 108 valence electrons. The van der Waals surface area contributed by atoms with Crippen LogP contribution in [0.25, 0.3) is 0 Å². The number of hydrogen-bond acceptors (Lipinski definition) is 3. The second-order valence-electron chi connectivity index (χ2n) is 6.49. The molecule has 0 radical (unpaired) electrons. The fourth-order valence-corrected chi connectivity index (χ4v) is 4.60. The summed E-state index contributed by atoms with van der Waals surface area (Å²) in [7, 11) is 0. The molecule has 20 heavy (non-hydrogen) atoms. The van der Waals surface area contributed by atoms with Gasteiger partial charge in [0.05, 0.1) is 6.42 Å². The summed E-state index contributed by atoms with van der Waals surface area (Å²) in [5, 5.41) is 2.06. The molecule has 0 unspecified atom stereocenters. The number of carbonyl (C=O) groups excluding carboxylic acids is 1. The van der Waals surface area contributed by atoms with E-state index in [0.717, 1.165) is 12.5 Å². The largest absolute Gasteiger partial charge is 0.338 e. The average molecular weight is 290 g/mol. The molecular weight excluding hydrogens is 268 g/mol. The minimum absolute atomic E-state index is 0.341. The SMILES string of the molecule is O=C(Cc1cccs1)N1CC[C@@H]2[C@@H]1CCN2CC1CC1. The van der Waals surface area contributed by atoms with Crippen molar-refractivity contribution in [1.82, 2.24) is 9.80 Å². The third-order valence-electron chi connectivity index (χ3n) is 5.11. The van der Waals surface area contributed by atoms with Gasteiger partial charge >= 0.3 is 0 Å². The molecule has 1 aromatic rings. The predicted molar refractivity (Wildman–Crippen MR) is 80.8 cm³/mol. The highest BCUT2D eigenvalue weighted by atomic mass is 32.1. The molecule has 0 aromatic carbocycles. The smallest absolute Gasteiger partial charge is 0.228 e. The first kappa shape index (κ1) is 12.8. The van der Waals surface area contributed by atoms with Crippen LogP contribution in [0.2, 0.25) is 0 Å². The molecule has 3 aliphatic rings. The Kier molecular flexibility index (Phi) is 3.31. The summed E-state index contributed by atoms with van der Waals surface area (Å²) >= 11 is 1.69. The highest BCUT2D eigenvalue weighted by Crippen LogP contribution is 2.37. The first-order chi connectivity index (χ1) is 9.81. The second-order valence-corrected chi connectivity index (χ2v) is 7.53. The number of rotatable bonds is 4. The van der Waals surface area contributed by atoms with Crippen LogP contribution in [0.4, 0.5) is 0 Å². The normalized spacial score (nSPS) is 29.9. The zero-order chi connectivity index (χ0) is 13.5. The molecule has 0 N–H and O–H groups in total. The van der Waals surface area contributed by atoms with Crippen molar-refractivity contribution in [3.63, 3.8) is 0 Å². The van der Waals surface area contributed by atoms with Gasteiger partial charge in [0.1, 0.15) is 0 Å². The maximum absolute atomic E-state index is 12.5. The maximum atomic E-state index is 12.5. The Morgan fingerprint density at radius 1 is 1.20 bits per heavy atom. The predicted octanol–water partition coefficient (Wildman–Crippen LogP) is 2.38. The fraction of sp³-hybridized carbons (Fsp3) is 0.688. The Hall–Kier alpha value is -0.870. The lowest BCUT2D eigenvalue weighted by Crippen LogP contribution is -2.40. The summed E-state index contributed by atoms with van der Waals surface area (Å²) in [4.78, 5) is 18.6. The molecule has 0 spiro atoms. The molecule has 3 fully saturated rings. The molecule has 1 aromatic heterocycles. The fourth-order valence-electron chi connectivity index (χ4n) is 3.91. The van der Waals surface area contributed by atoms with Gasteiger partial charge in [-0.05, 0) is 43.0 Å². The zero-order valence-electron chi connectivity index (χ0n) is 11.8. The van der Waals surface area contributed by atoms with Gasteiger partial charge in [-0.15, -0.1) is 11.3 Å². The van der Waals surface area contributed by atoms with Crippen molar-refractivity contribution in [3.05, 3.63) is 22.4 Å². The number of fused-ring (bicyclic) bond motifs is 1. The third-order valence-corrected chi connectivity index (χ3v) is 5.98. The summed E-state index contributed by atoms with van der Waals surface area (Å²) < 4.78 is 0. The molecule has 4 rings (SSSR count). The van der Waals surface area contributed by atoms with Crippen LogP contribution in [0, 0.1) is 5.92 Å². The molecule has 3 nitrogen and oxygen atoms in total. The lowest BCUT2D eigenvalue weighted by atomic mass is 10.1. The number of thiophene rings is 1. The summed E-state index contributed by atoms with van der Waals surface area (Å²) in [6.07, 6.45) is 5.83. The lowest BCUT2D eigenvalue weighted by molar-refractivity contribution is -0.131. The number of carbonyl (C=O) groups is 1. The standard InChI is InChI=1S/C16H22N2OS/c19-16(10-13-2-1-9-20-13)18-8-6-14-15(18)5-7-17(14)11-12-3-4-12/h1-2,9,12,14-15H,3-8,10-11H2/t14-,15+/m1/s1. The molecule has 2 saturated heterocycles. The van der Waals surface area contributed by atoms with Crippen LogP contribution >= 0.6 is 11.3 Å². The summed E-state index contributed by atoms with van der Waals surface area (Å²) in [5.41, 5.74) is 0. The number of nitrogens with zero attached hydrogens (tertiary/aromatic N) is 2. The van der Waals surface area contributed by atoms with Crippen LogP contribution in [0.5, 0.6) is 0 Å². The minimum atomic E-state index is 0.341. The van der Waals surface area contributed by atoms with E-state index in [2.05, 4.69) is 21.2 Å². The van der Waals surface area contributed by atoms with Crippen LogP contribution in [0.15, 0.2) is 17.5 Å². The molecule has 4 heteroatoms. The Bertz CT molecular complexity index is 483. The second kappa shape index (κ2) is 5.15. The van der Waals surface area contributed by atoms with E-state index < -0.39 is 0 Å². The average Bonchev–Trinajstić information content (AvgIpc) is 2.85. The van der Waals surface area contributed by atoms with Crippen molar-refractivity contribution >= 4 is 17.2 Å². The van der Waals surface area contributed by atoms with Crippen LogP contribution in [-0.4, -0.2) is 47.4 Å². The highest BCUT2D eigenvalue weighted by molar-refractivity contribution is 7.10. The molecule has 1 amide bonds. The summed E-state index contributed by atoms with van der Waals surface area (Å²) in [6.45, 7) is 3.46. The molecule has 1 saturated carbocycles. The molecule has 1 aliphatic carbocycles. The number of likely N-dealkylation sites (tertiary alicyclic amines) is 2. The van der Waals surface area contributed by atoms with Gasteiger partial charge in [0.25, 0.3) is 0 Å². The van der Waals surface area contributed by atoms with Crippen LogP contribution in [0.3, 0.4) is 0 Å². The molecular formula is C16H22N2OS. The molecule has 2 atom stereocenters. The zero-order valence-corrected chi connectivity index (χ0v) is 12.6. The maximum Gasteiger partial charge on any atom is 0.228 e. The quantitative estimate of drug-likeness (QED) is 0.850. The van der Waals surface area contributed by atoms with Gasteiger partial charge in [-0.2, -0.15) is 0 Å². The topological polar surface area (TPSA) is 23.6 Å². The van der Waals surface area contributed by atoms with Crippen molar-refractivity contribution in [2.75, 3.05) is 19.6 Å². The van der Waals surface area contributed by atoms with Crippen molar-refractivity contribution in [1.29, 1.82) is 0 Å². The van der Waals surface area contributed by atoms with Gasteiger partial charge in [0.2, 0.25) is 5.91 Å².